The molecule has 2 rings (SSSR count). The summed E-state index contributed by atoms with van der Waals surface area (Å²) in [6, 6.07) is 16.7. The van der Waals surface area contributed by atoms with E-state index in [4.69, 9.17) is 5.73 Å². The van der Waals surface area contributed by atoms with Crippen molar-refractivity contribution in [3.8, 4) is 0 Å². The molecule has 0 aliphatic heterocycles. The van der Waals surface area contributed by atoms with Gasteiger partial charge in [0, 0.05) is 16.8 Å². The number of anilines is 1. The van der Waals surface area contributed by atoms with Crippen molar-refractivity contribution in [2.24, 2.45) is 5.73 Å². The van der Waals surface area contributed by atoms with E-state index in [1.54, 1.807) is 24.3 Å². The molecule has 4 N–H and O–H groups in total. The maximum absolute atomic E-state index is 12.2. The number of nitrogens with one attached hydrogen (secondary N) is 2. The number of primary amides is 1. The minimum absolute atomic E-state index is 0.0513. The molecule has 0 aromatic heterocycles. The molecule has 0 saturated heterocycles. The SMILES string of the molecule is CC[NH+](CC(=O)Nc1ccc(C(N)=O)cc1)Cc1ccccc1. The van der Waals surface area contributed by atoms with Gasteiger partial charge in [-0.25, -0.2) is 0 Å². The second-order valence-electron chi connectivity index (χ2n) is 5.43. The van der Waals surface area contributed by atoms with Crippen LogP contribution in [0.3, 0.4) is 0 Å². The van der Waals surface area contributed by atoms with Crippen LogP contribution >= 0.6 is 0 Å². The molecular weight excluding hydrogens is 290 g/mol. The fourth-order valence-electron chi connectivity index (χ4n) is 2.35. The number of hydrogen-bond donors (Lipinski definition) is 3. The molecule has 2 aromatic rings. The lowest BCUT2D eigenvalue weighted by Crippen LogP contribution is -3.11. The third-order valence-corrected chi connectivity index (χ3v) is 3.66. The standard InChI is InChI=1S/C18H21N3O2/c1-2-21(12-14-6-4-3-5-7-14)13-17(22)20-16-10-8-15(9-11-16)18(19)23/h3-11H,2,12-13H2,1H3,(H2,19,23)(H,20,22)/p+1. The lowest BCUT2D eigenvalue weighted by Gasteiger charge is -2.17. The molecule has 0 heterocycles. The highest BCUT2D eigenvalue weighted by molar-refractivity contribution is 5.95. The highest BCUT2D eigenvalue weighted by Gasteiger charge is 2.13. The normalized spacial score (nSPS) is 11.7. The monoisotopic (exact) mass is 312 g/mol. The molecule has 1 atom stereocenters. The van der Waals surface area contributed by atoms with E-state index in [2.05, 4.69) is 24.4 Å². The van der Waals surface area contributed by atoms with Crippen LogP contribution in [-0.4, -0.2) is 24.9 Å². The topological polar surface area (TPSA) is 76.6 Å². The van der Waals surface area contributed by atoms with E-state index in [0.717, 1.165) is 13.1 Å². The van der Waals surface area contributed by atoms with Gasteiger partial charge >= 0.3 is 0 Å². The summed E-state index contributed by atoms with van der Waals surface area (Å²) in [6.45, 7) is 4.13. The Morgan fingerprint density at radius 1 is 1.04 bits per heavy atom. The Morgan fingerprint density at radius 3 is 2.26 bits per heavy atom. The lowest BCUT2D eigenvalue weighted by molar-refractivity contribution is -0.903. The fraction of sp³-hybridized carbons (Fsp3) is 0.222. The summed E-state index contributed by atoms with van der Waals surface area (Å²) in [7, 11) is 0. The first-order valence-electron chi connectivity index (χ1n) is 7.65. The number of likely N-dealkylation sites (N-methyl/N-ethyl adjacent to an activating group) is 1. The average Bonchev–Trinajstić information content (AvgIpc) is 2.55. The number of amides is 2. The molecule has 0 aliphatic rings. The molecule has 120 valence electrons. The van der Waals surface area contributed by atoms with E-state index >= 15 is 0 Å². The van der Waals surface area contributed by atoms with Crippen molar-refractivity contribution in [2.75, 3.05) is 18.4 Å². The molecular formula is C18H22N3O2+. The van der Waals surface area contributed by atoms with Crippen molar-refractivity contribution in [3.05, 3.63) is 65.7 Å². The van der Waals surface area contributed by atoms with Gasteiger partial charge in [0.1, 0.15) is 6.54 Å². The maximum Gasteiger partial charge on any atom is 0.279 e. The third kappa shape index (κ3) is 5.23. The Labute approximate surface area is 136 Å². The molecule has 0 spiro atoms. The van der Waals surface area contributed by atoms with Gasteiger partial charge in [0.15, 0.2) is 6.54 Å². The van der Waals surface area contributed by atoms with E-state index < -0.39 is 5.91 Å². The van der Waals surface area contributed by atoms with Crippen molar-refractivity contribution >= 4 is 17.5 Å². The van der Waals surface area contributed by atoms with Crippen LogP contribution in [0.2, 0.25) is 0 Å². The van der Waals surface area contributed by atoms with Gasteiger partial charge in [-0.15, -0.1) is 0 Å². The van der Waals surface area contributed by atoms with Crippen LogP contribution in [0.15, 0.2) is 54.6 Å². The molecule has 5 heteroatoms. The number of quaternary nitrogens is 1. The Kier molecular flexibility index (Phi) is 5.88. The number of carbonyl (C=O) groups excluding carboxylic acids is 2. The Hall–Kier alpha value is -2.66. The zero-order valence-electron chi connectivity index (χ0n) is 13.2. The van der Waals surface area contributed by atoms with Crippen LogP contribution in [0, 0.1) is 0 Å². The van der Waals surface area contributed by atoms with Crippen LogP contribution < -0.4 is 16.0 Å². The van der Waals surface area contributed by atoms with Gasteiger partial charge in [0.2, 0.25) is 5.91 Å². The molecule has 5 nitrogen and oxygen atoms in total. The van der Waals surface area contributed by atoms with Crippen LogP contribution in [-0.2, 0) is 11.3 Å². The molecule has 2 aromatic carbocycles. The summed E-state index contributed by atoms with van der Waals surface area (Å²) in [5, 5.41) is 2.85. The molecule has 0 aliphatic carbocycles. The van der Waals surface area contributed by atoms with Gasteiger partial charge in [-0.05, 0) is 31.2 Å². The van der Waals surface area contributed by atoms with Crippen molar-refractivity contribution < 1.29 is 14.5 Å². The first-order valence-corrected chi connectivity index (χ1v) is 7.65. The van der Waals surface area contributed by atoms with Gasteiger partial charge < -0.3 is 16.0 Å². The van der Waals surface area contributed by atoms with Crippen molar-refractivity contribution in [1.29, 1.82) is 0 Å². The summed E-state index contributed by atoms with van der Waals surface area (Å²) >= 11 is 0. The van der Waals surface area contributed by atoms with Gasteiger partial charge in [-0.3, -0.25) is 9.59 Å². The zero-order chi connectivity index (χ0) is 16.7. The van der Waals surface area contributed by atoms with Crippen molar-refractivity contribution in [2.45, 2.75) is 13.5 Å². The Morgan fingerprint density at radius 2 is 1.70 bits per heavy atom. The van der Waals surface area contributed by atoms with E-state index in [1.165, 1.54) is 10.5 Å². The summed E-state index contributed by atoms with van der Waals surface area (Å²) in [5.41, 5.74) is 7.49. The predicted octanol–water partition coefficient (Wildman–Crippen LogP) is 0.829. The van der Waals surface area contributed by atoms with Gasteiger partial charge in [-0.2, -0.15) is 0 Å². The van der Waals surface area contributed by atoms with E-state index in [9.17, 15) is 9.59 Å². The second-order valence-corrected chi connectivity index (χ2v) is 5.43. The van der Waals surface area contributed by atoms with Crippen molar-refractivity contribution in [3.63, 3.8) is 0 Å². The van der Waals surface area contributed by atoms with Crippen molar-refractivity contribution in [1.82, 2.24) is 0 Å². The number of benzene rings is 2. The van der Waals surface area contributed by atoms with E-state index in [-0.39, 0.29) is 5.91 Å². The fourth-order valence-corrected chi connectivity index (χ4v) is 2.35. The second kappa shape index (κ2) is 8.10. The number of carbonyl (C=O) groups is 2. The van der Waals surface area contributed by atoms with Gasteiger partial charge in [0.25, 0.3) is 5.91 Å². The minimum Gasteiger partial charge on any atom is -0.366 e. The summed E-state index contributed by atoms with van der Waals surface area (Å²) in [5.74, 6) is -0.531. The molecule has 0 saturated carbocycles. The van der Waals surface area contributed by atoms with E-state index in [1.807, 2.05) is 18.2 Å². The van der Waals surface area contributed by atoms with E-state index in [0.29, 0.717) is 17.8 Å². The first-order chi connectivity index (χ1) is 11.1. The number of rotatable bonds is 7. The first kappa shape index (κ1) is 16.7. The van der Waals surface area contributed by atoms with Gasteiger partial charge in [-0.1, -0.05) is 30.3 Å². The number of nitrogens with two attached hydrogens (primary N) is 1. The molecule has 0 bridgehead atoms. The Bertz CT molecular complexity index is 654. The molecule has 1 unspecified atom stereocenters. The third-order valence-electron chi connectivity index (χ3n) is 3.66. The van der Waals surface area contributed by atoms with Crippen LogP contribution in [0.25, 0.3) is 0 Å². The molecule has 23 heavy (non-hydrogen) atoms. The summed E-state index contributed by atoms with van der Waals surface area (Å²) in [4.78, 5) is 24.4. The maximum atomic E-state index is 12.2. The molecule has 0 fully saturated rings. The Balaban J connectivity index is 1.90. The quantitative estimate of drug-likeness (QED) is 0.708. The predicted molar refractivity (Wildman–Crippen MR) is 90.1 cm³/mol. The largest absolute Gasteiger partial charge is 0.366 e. The molecule has 2 amide bonds. The summed E-state index contributed by atoms with van der Waals surface area (Å²) < 4.78 is 0. The van der Waals surface area contributed by atoms with Crippen LogP contribution in [0.4, 0.5) is 5.69 Å². The smallest absolute Gasteiger partial charge is 0.279 e. The highest BCUT2D eigenvalue weighted by atomic mass is 16.2. The van der Waals surface area contributed by atoms with Crippen LogP contribution in [0.5, 0.6) is 0 Å². The number of hydrogen-bond acceptors (Lipinski definition) is 2. The molecule has 0 radical (unpaired) electrons. The summed E-state index contributed by atoms with van der Waals surface area (Å²) in [6.07, 6.45) is 0. The highest BCUT2D eigenvalue weighted by Crippen LogP contribution is 2.08. The van der Waals surface area contributed by atoms with Gasteiger partial charge in [0.05, 0.1) is 6.54 Å². The van der Waals surface area contributed by atoms with Crippen LogP contribution in [0.1, 0.15) is 22.8 Å². The zero-order valence-corrected chi connectivity index (χ0v) is 13.2. The minimum atomic E-state index is -0.479. The average molecular weight is 312 g/mol. The lowest BCUT2D eigenvalue weighted by atomic mass is 10.2.